The molecule has 2 aromatic heterocycles. The fourth-order valence-electron chi connectivity index (χ4n) is 1.94. The monoisotopic (exact) mass is 254 g/mol. The predicted molar refractivity (Wildman–Crippen MR) is 72.5 cm³/mol. The minimum Gasteiger partial charge on any atom is -0.382 e. The van der Waals surface area contributed by atoms with Crippen molar-refractivity contribution >= 4 is 17.0 Å². The molecule has 0 aliphatic carbocycles. The topological polar surface area (TPSA) is 82.5 Å². The maximum absolute atomic E-state index is 5.87. The summed E-state index contributed by atoms with van der Waals surface area (Å²) in [4.78, 5) is 8.65. The van der Waals surface area contributed by atoms with E-state index in [1.807, 2.05) is 37.3 Å². The minimum atomic E-state index is 0.390. The molecule has 1 aromatic carbocycles. The van der Waals surface area contributed by atoms with Crippen molar-refractivity contribution in [2.45, 2.75) is 19.9 Å². The molecule has 0 fully saturated rings. The van der Waals surface area contributed by atoms with Gasteiger partial charge in [0.1, 0.15) is 5.82 Å². The van der Waals surface area contributed by atoms with E-state index in [4.69, 9.17) is 5.73 Å². The van der Waals surface area contributed by atoms with Gasteiger partial charge in [0.2, 0.25) is 0 Å². The van der Waals surface area contributed by atoms with E-state index in [-0.39, 0.29) is 0 Å². The molecule has 19 heavy (non-hydrogen) atoms. The fourth-order valence-corrected chi connectivity index (χ4v) is 1.94. The Morgan fingerprint density at radius 3 is 2.68 bits per heavy atom. The van der Waals surface area contributed by atoms with Crippen molar-refractivity contribution in [3.05, 3.63) is 41.7 Å². The summed E-state index contributed by atoms with van der Waals surface area (Å²) in [6, 6.07) is 10.1. The first-order valence-electron chi connectivity index (χ1n) is 6.17. The van der Waals surface area contributed by atoms with Crippen molar-refractivity contribution in [1.29, 1.82) is 0 Å². The predicted octanol–water partition coefficient (Wildman–Crippen LogP) is 1.41. The van der Waals surface area contributed by atoms with E-state index >= 15 is 0 Å². The van der Waals surface area contributed by atoms with E-state index < -0.39 is 0 Å². The summed E-state index contributed by atoms with van der Waals surface area (Å²) >= 11 is 0. The van der Waals surface area contributed by atoms with Gasteiger partial charge in [-0.1, -0.05) is 42.5 Å². The van der Waals surface area contributed by atoms with Gasteiger partial charge in [0.05, 0.1) is 6.54 Å². The quantitative estimate of drug-likeness (QED) is 0.764. The Bertz CT molecular complexity index is 704. The van der Waals surface area contributed by atoms with Crippen molar-refractivity contribution < 1.29 is 0 Å². The highest BCUT2D eigenvalue weighted by Crippen LogP contribution is 2.15. The number of benzene rings is 1. The number of hydrogen-bond acceptors (Lipinski definition) is 5. The Morgan fingerprint density at radius 2 is 1.95 bits per heavy atom. The normalized spacial score (nSPS) is 11.0. The molecule has 0 saturated heterocycles. The zero-order valence-electron chi connectivity index (χ0n) is 10.6. The molecule has 0 unspecified atom stereocenters. The minimum absolute atomic E-state index is 0.390. The molecule has 6 heteroatoms. The third-order valence-corrected chi connectivity index (χ3v) is 2.93. The number of rotatable bonds is 3. The molecule has 3 aromatic rings. The van der Waals surface area contributed by atoms with Crippen LogP contribution in [0.15, 0.2) is 30.3 Å². The van der Waals surface area contributed by atoms with Crippen LogP contribution >= 0.6 is 0 Å². The molecule has 0 amide bonds. The van der Waals surface area contributed by atoms with E-state index in [2.05, 4.69) is 20.3 Å². The molecular formula is C13H14N6. The second-order valence-electron chi connectivity index (χ2n) is 4.28. The van der Waals surface area contributed by atoms with Gasteiger partial charge in [-0.05, 0) is 5.56 Å². The largest absolute Gasteiger partial charge is 0.382 e. The lowest BCUT2D eigenvalue weighted by atomic mass is 10.2. The lowest BCUT2D eigenvalue weighted by Gasteiger charge is -2.03. The smallest absolute Gasteiger partial charge is 0.184 e. The van der Waals surface area contributed by atoms with E-state index in [1.165, 1.54) is 0 Å². The number of nitrogens with two attached hydrogens (primary N) is 1. The summed E-state index contributed by atoms with van der Waals surface area (Å²) in [7, 11) is 0. The Labute approximate surface area is 110 Å². The van der Waals surface area contributed by atoms with Crippen molar-refractivity contribution in [3.8, 4) is 0 Å². The summed E-state index contributed by atoms with van der Waals surface area (Å²) in [6.45, 7) is 2.61. The standard InChI is InChI=1S/C13H14N6/c1-2-10-15-12(14)11-13(16-10)19(18-17-11)8-9-6-4-3-5-7-9/h3-7H,2,8H2,1H3,(H2,14,15,16). The van der Waals surface area contributed by atoms with E-state index in [0.29, 0.717) is 29.4 Å². The number of nitrogens with zero attached hydrogens (tertiary/aromatic N) is 5. The van der Waals surface area contributed by atoms with Gasteiger partial charge in [-0.2, -0.15) is 0 Å². The maximum atomic E-state index is 5.87. The zero-order chi connectivity index (χ0) is 13.2. The van der Waals surface area contributed by atoms with Crippen LogP contribution in [0.25, 0.3) is 11.2 Å². The highest BCUT2D eigenvalue weighted by Gasteiger charge is 2.12. The molecule has 0 saturated carbocycles. The number of nitrogen functional groups attached to an aromatic ring is 1. The van der Waals surface area contributed by atoms with Gasteiger partial charge in [0, 0.05) is 6.42 Å². The van der Waals surface area contributed by atoms with Crippen LogP contribution in [0.1, 0.15) is 18.3 Å². The highest BCUT2D eigenvalue weighted by molar-refractivity contribution is 5.80. The average molecular weight is 254 g/mol. The molecule has 2 heterocycles. The highest BCUT2D eigenvalue weighted by atomic mass is 15.4. The maximum Gasteiger partial charge on any atom is 0.184 e. The number of fused-ring (bicyclic) bond motifs is 1. The second-order valence-corrected chi connectivity index (χ2v) is 4.28. The fraction of sp³-hybridized carbons (Fsp3) is 0.231. The van der Waals surface area contributed by atoms with Crippen LogP contribution < -0.4 is 5.73 Å². The Balaban J connectivity index is 2.07. The van der Waals surface area contributed by atoms with Crippen LogP contribution in [0.5, 0.6) is 0 Å². The van der Waals surface area contributed by atoms with Crippen LogP contribution in [-0.2, 0) is 13.0 Å². The third-order valence-electron chi connectivity index (χ3n) is 2.93. The Kier molecular flexibility index (Phi) is 2.83. The van der Waals surface area contributed by atoms with Crippen LogP contribution in [0.4, 0.5) is 5.82 Å². The van der Waals surface area contributed by atoms with Crippen LogP contribution in [0.2, 0.25) is 0 Å². The molecule has 0 radical (unpaired) electrons. The van der Waals surface area contributed by atoms with Gasteiger partial charge < -0.3 is 5.73 Å². The summed E-state index contributed by atoms with van der Waals surface area (Å²) in [6.07, 6.45) is 0.733. The molecule has 96 valence electrons. The molecule has 0 atom stereocenters. The summed E-state index contributed by atoms with van der Waals surface area (Å²) in [5.41, 5.74) is 8.27. The van der Waals surface area contributed by atoms with Crippen molar-refractivity contribution in [2.75, 3.05) is 5.73 Å². The Hall–Kier alpha value is -2.50. The van der Waals surface area contributed by atoms with Gasteiger partial charge in [-0.3, -0.25) is 0 Å². The molecule has 3 rings (SSSR count). The second kappa shape index (κ2) is 4.64. The van der Waals surface area contributed by atoms with Crippen molar-refractivity contribution in [3.63, 3.8) is 0 Å². The summed E-state index contributed by atoms with van der Waals surface area (Å²) in [5, 5.41) is 8.16. The molecule has 0 aliphatic rings. The first kappa shape index (κ1) is 11.6. The molecule has 0 spiro atoms. The Morgan fingerprint density at radius 1 is 1.16 bits per heavy atom. The zero-order valence-corrected chi connectivity index (χ0v) is 10.6. The van der Waals surface area contributed by atoms with E-state index in [9.17, 15) is 0 Å². The van der Waals surface area contributed by atoms with Gasteiger partial charge in [-0.15, -0.1) is 5.10 Å². The molecule has 6 nitrogen and oxygen atoms in total. The number of hydrogen-bond donors (Lipinski definition) is 1. The van der Waals surface area contributed by atoms with Gasteiger partial charge >= 0.3 is 0 Å². The van der Waals surface area contributed by atoms with E-state index in [0.717, 1.165) is 12.0 Å². The van der Waals surface area contributed by atoms with E-state index in [1.54, 1.807) is 4.68 Å². The van der Waals surface area contributed by atoms with Crippen LogP contribution in [0, 0.1) is 0 Å². The van der Waals surface area contributed by atoms with Crippen molar-refractivity contribution in [1.82, 2.24) is 25.0 Å². The summed E-state index contributed by atoms with van der Waals surface area (Å²) < 4.78 is 1.75. The number of anilines is 1. The lowest BCUT2D eigenvalue weighted by molar-refractivity contribution is 0.662. The van der Waals surface area contributed by atoms with Gasteiger partial charge in [0.15, 0.2) is 17.0 Å². The van der Waals surface area contributed by atoms with Crippen LogP contribution in [0.3, 0.4) is 0 Å². The number of aromatic nitrogens is 5. The average Bonchev–Trinajstić information content (AvgIpc) is 2.83. The molecule has 0 bridgehead atoms. The third kappa shape index (κ3) is 2.12. The van der Waals surface area contributed by atoms with Crippen LogP contribution in [-0.4, -0.2) is 25.0 Å². The molecule has 0 aliphatic heterocycles. The summed E-state index contributed by atoms with van der Waals surface area (Å²) in [5.74, 6) is 1.10. The SMILES string of the molecule is CCc1nc(N)c2nnn(Cc3ccccc3)c2n1. The first-order chi connectivity index (χ1) is 9.28. The molecule has 2 N–H and O–H groups in total. The number of aryl methyl sites for hydroxylation is 1. The van der Waals surface area contributed by atoms with Gasteiger partial charge in [-0.25, -0.2) is 14.6 Å². The molecular weight excluding hydrogens is 240 g/mol. The lowest BCUT2D eigenvalue weighted by Crippen LogP contribution is -2.05. The van der Waals surface area contributed by atoms with Gasteiger partial charge in [0.25, 0.3) is 0 Å². The first-order valence-corrected chi connectivity index (χ1v) is 6.17. The van der Waals surface area contributed by atoms with Crippen molar-refractivity contribution in [2.24, 2.45) is 0 Å².